The average molecular weight is 589 g/mol. The zero-order valence-electron chi connectivity index (χ0n) is 25.3. The number of nitrogens with one attached hydrogen (secondary N) is 1. The predicted molar refractivity (Wildman–Crippen MR) is 172 cm³/mol. The first kappa shape index (κ1) is 29.2. The first-order valence-corrected chi connectivity index (χ1v) is 14.7. The molecule has 1 aliphatic rings. The topological polar surface area (TPSA) is 92.7 Å². The van der Waals surface area contributed by atoms with E-state index in [1.54, 1.807) is 32.7 Å². The monoisotopic (exact) mass is 588 g/mol. The van der Waals surface area contributed by atoms with Gasteiger partial charge in [0.1, 0.15) is 22.8 Å². The largest absolute Gasteiger partial charge is 0.497 e. The van der Waals surface area contributed by atoms with Crippen LogP contribution in [0.1, 0.15) is 27.0 Å². The summed E-state index contributed by atoms with van der Waals surface area (Å²) in [6, 6.07) is 21.9. The summed E-state index contributed by atoms with van der Waals surface area (Å²) in [5.41, 5.74) is 6.97. The second kappa shape index (κ2) is 13.2. The normalized spacial score (nSPS) is 14.0. The Morgan fingerprint density at radius 2 is 1.36 bits per heavy atom. The third-order valence-electron chi connectivity index (χ3n) is 8.00. The van der Waals surface area contributed by atoms with Crippen LogP contribution in [0.2, 0.25) is 0 Å². The van der Waals surface area contributed by atoms with E-state index in [-0.39, 0.29) is 5.91 Å². The number of aryl methyl sites for hydroxylation is 1. The number of amides is 1. The number of fused-ring (bicyclic) bond motifs is 1. The molecular formula is C35H36N6O3. The van der Waals surface area contributed by atoms with Crippen LogP contribution in [0.5, 0.6) is 11.5 Å². The third kappa shape index (κ3) is 6.69. The number of carbonyl (C=O) groups is 1. The van der Waals surface area contributed by atoms with Gasteiger partial charge in [-0.1, -0.05) is 42.0 Å². The van der Waals surface area contributed by atoms with Crippen LogP contribution < -0.4 is 14.8 Å². The molecule has 0 bridgehead atoms. The maximum Gasteiger partial charge on any atom is 0.259 e. The lowest BCUT2D eigenvalue weighted by Crippen LogP contribution is -2.45. The lowest BCUT2D eigenvalue weighted by atomic mass is 10.00. The van der Waals surface area contributed by atoms with Crippen molar-refractivity contribution >= 4 is 22.8 Å². The van der Waals surface area contributed by atoms with Gasteiger partial charge >= 0.3 is 0 Å². The number of rotatable bonds is 9. The number of nitrogens with zero attached hydrogens (tertiary/aromatic N) is 5. The highest BCUT2D eigenvalue weighted by Gasteiger charge is 2.19. The quantitative estimate of drug-likeness (QED) is 0.238. The summed E-state index contributed by atoms with van der Waals surface area (Å²) in [5, 5.41) is 2.93. The zero-order valence-corrected chi connectivity index (χ0v) is 25.3. The van der Waals surface area contributed by atoms with E-state index < -0.39 is 0 Å². The lowest BCUT2D eigenvalue weighted by molar-refractivity contribution is 0.102. The standard InChI is InChI=1S/C35H36N6O3/c1-24-4-6-25(7-5-24)22-40-14-16-41(17-15-40)23-26-8-11-32(38-21-26)39-35(42)31-10-9-30(33-34(31)37-13-12-36-33)27-18-28(43-2)20-29(19-27)44-3/h4-13,18-21H,14-17,22-23H2,1-3H3,(H,38,39,42). The summed E-state index contributed by atoms with van der Waals surface area (Å²) in [5.74, 6) is 1.51. The highest BCUT2D eigenvalue weighted by molar-refractivity contribution is 6.13. The number of carbonyl (C=O) groups excluding carboxylic acids is 1. The SMILES string of the molecule is COc1cc(OC)cc(-c2ccc(C(=O)Nc3ccc(CN4CCN(Cc5ccc(C)cc5)CC4)cn3)c3nccnc23)c1. The molecule has 1 saturated heterocycles. The van der Waals surface area contributed by atoms with Crippen LogP contribution in [-0.4, -0.2) is 71.1 Å². The first-order valence-electron chi connectivity index (χ1n) is 14.7. The fourth-order valence-corrected chi connectivity index (χ4v) is 5.53. The van der Waals surface area contributed by atoms with E-state index in [0.717, 1.165) is 56.0 Å². The maximum absolute atomic E-state index is 13.4. The molecular weight excluding hydrogens is 552 g/mol. The highest BCUT2D eigenvalue weighted by Crippen LogP contribution is 2.34. The smallest absolute Gasteiger partial charge is 0.259 e. The fraction of sp³-hybridized carbons (Fsp3) is 0.257. The van der Waals surface area contributed by atoms with Crippen molar-refractivity contribution in [1.82, 2.24) is 24.8 Å². The number of pyridine rings is 1. The molecule has 44 heavy (non-hydrogen) atoms. The van der Waals surface area contributed by atoms with Crippen LogP contribution in [0.15, 0.2) is 85.3 Å². The molecule has 0 saturated carbocycles. The lowest BCUT2D eigenvalue weighted by Gasteiger charge is -2.34. The van der Waals surface area contributed by atoms with Gasteiger partial charge in [0.15, 0.2) is 0 Å². The zero-order chi connectivity index (χ0) is 30.5. The Balaban J connectivity index is 1.10. The van der Waals surface area contributed by atoms with Gasteiger partial charge in [-0.3, -0.25) is 24.6 Å². The summed E-state index contributed by atoms with van der Waals surface area (Å²) in [6.45, 7) is 8.04. The number of anilines is 1. The van der Waals surface area contributed by atoms with E-state index >= 15 is 0 Å². The van der Waals surface area contributed by atoms with Crippen LogP contribution in [0.25, 0.3) is 22.2 Å². The van der Waals surface area contributed by atoms with Crippen molar-refractivity contribution in [3.05, 3.63) is 108 Å². The molecule has 6 rings (SSSR count). The van der Waals surface area contributed by atoms with Crippen LogP contribution >= 0.6 is 0 Å². The molecule has 0 aliphatic carbocycles. The van der Waals surface area contributed by atoms with Gasteiger partial charge in [-0.25, -0.2) is 4.98 Å². The Hall–Kier alpha value is -4.86. The number of hydrogen-bond donors (Lipinski definition) is 1. The minimum Gasteiger partial charge on any atom is -0.497 e. The number of benzene rings is 3. The Bertz CT molecular complexity index is 1730. The summed E-state index contributed by atoms with van der Waals surface area (Å²) in [4.78, 5) is 32.0. The van der Waals surface area contributed by atoms with Gasteiger partial charge in [0.2, 0.25) is 0 Å². The number of methoxy groups -OCH3 is 2. The van der Waals surface area contributed by atoms with Crippen molar-refractivity contribution in [2.45, 2.75) is 20.0 Å². The fourth-order valence-electron chi connectivity index (χ4n) is 5.53. The van der Waals surface area contributed by atoms with E-state index in [9.17, 15) is 4.79 Å². The van der Waals surface area contributed by atoms with Gasteiger partial charge in [-0.15, -0.1) is 0 Å². The van der Waals surface area contributed by atoms with Crippen molar-refractivity contribution in [2.75, 3.05) is 45.7 Å². The minimum absolute atomic E-state index is 0.296. The Morgan fingerprint density at radius 3 is 1.98 bits per heavy atom. The van der Waals surface area contributed by atoms with Gasteiger partial charge in [0.05, 0.1) is 25.3 Å². The number of aromatic nitrogens is 3. The van der Waals surface area contributed by atoms with Gasteiger partial charge < -0.3 is 14.8 Å². The van der Waals surface area contributed by atoms with Crippen molar-refractivity contribution in [3.8, 4) is 22.6 Å². The van der Waals surface area contributed by atoms with Gasteiger partial charge in [-0.2, -0.15) is 0 Å². The molecule has 3 aromatic carbocycles. The predicted octanol–water partition coefficient (Wildman–Crippen LogP) is 5.59. The molecule has 0 unspecified atom stereocenters. The van der Waals surface area contributed by atoms with Crippen LogP contribution in [0, 0.1) is 6.92 Å². The van der Waals surface area contributed by atoms with Crippen LogP contribution in [0.4, 0.5) is 5.82 Å². The molecule has 9 nitrogen and oxygen atoms in total. The van der Waals surface area contributed by atoms with Gasteiger partial charge in [0, 0.05) is 69.5 Å². The van der Waals surface area contributed by atoms with E-state index in [0.29, 0.717) is 33.9 Å². The molecule has 1 N–H and O–H groups in total. The number of hydrogen-bond acceptors (Lipinski definition) is 8. The average Bonchev–Trinajstić information content (AvgIpc) is 3.06. The molecule has 224 valence electrons. The molecule has 1 amide bonds. The Kier molecular flexibility index (Phi) is 8.76. The van der Waals surface area contributed by atoms with Gasteiger partial charge in [-0.05, 0) is 47.9 Å². The molecule has 1 aliphatic heterocycles. The van der Waals surface area contributed by atoms with Gasteiger partial charge in [0.25, 0.3) is 5.91 Å². The molecule has 1 fully saturated rings. The van der Waals surface area contributed by atoms with E-state index in [1.807, 2.05) is 42.6 Å². The van der Waals surface area contributed by atoms with Crippen molar-refractivity contribution < 1.29 is 14.3 Å². The molecule has 3 heterocycles. The van der Waals surface area contributed by atoms with Crippen molar-refractivity contribution in [2.24, 2.45) is 0 Å². The van der Waals surface area contributed by atoms with Crippen LogP contribution in [0.3, 0.4) is 0 Å². The van der Waals surface area contributed by atoms with E-state index in [1.165, 1.54) is 11.1 Å². The summed E-state index contributed by atoms with van der Waals surface area (Å²) < 4.78 is 10.9. The van der Waals surface area contributed by atoms with Crippen molar-refractivity contribution in [3.63, 3.8) is 0 Å². The Labute approximate surface area is 257 Å². The van der Waals surface area contributed by atoms with E-state index in [2.05, 4.69) is 61.3 Å². The molecule has 2 aromatic heterocycles. The summed E-state index contributed by atoms with van der Waals surface area (Å²) in [7, 11) is 3.22. The minimum atomic E-state index is -0.296. The Morgan fingerprint density at radius 1 is 0.750 bits per heavy atom. The summed E-state index contributed by atoms with van der Waals surface area (Å²) in [6.07, 6.45) is 5.05. The maximum atomic E-state index is 13.4. The van der Waals surface area contributed by atoms with Crippen LogP contribution in [-0.2, 0) is 13.1 Å². The van der Waals surface area contributed by atoms with Crippen molar-refractivity contribution in [1.29, 1.82) is 0 Å². The number of ether oxygens (including phenoxy) is 2. The highest BCUT2D eigenvalue weighted by atomic mass is 16.5. The molecule has 0 radical (unpaired) electrons. The summed E-state index contributed by atoms with van der Waals surface area (Å²) >= 11 is 0. The molecule has 0 atom stereocenters. The van der Waals surface area contributed by atoms with E-state index in [4.69, 9.17) is 9.47 Å². The molecule has 9 heteroatoms. The third-order valence-corrected chi connectivity index (χ3v) is 8.00. The number of piperazine rings is 1. The first-order chi connectivity index (χ1) is 21.5. The molecule has 0 spiro atoms. The second-order valence-electron chi connectivity index (χ2n) is 11.1. The second-order valence-corrected chi connectivity index (χ2v) is 11.1. The molecule has 5 aromatic rings.